The van der Waals surface area contributed by atoms with E-state index in [9.17, 15) is 9.59 Å². The molecular formula is C13H16N2O2. The standard InChI is InChI=1S/C13H16N2O2/c1-3-11-10-6-9(7-14(2)13(10)17)15(11)12(16)8-4-5-8/h1,8-11H,4-7H2,2H3/t9-,10-,11+/m1/s1. The summed E-state index contributed by atoms with van der Waals surface area (Å²) >= 11 is 0. The van der Waals surface area contributed by atoms with Gasteiger partial charge in [0.25, 0.3) is 0 Å². The molecule has 2 bridgehead atoms. The van der Waals surface area contributed by atoms with E-state index in [0.29, 0.717) is 6.54 Å². The largest absolute Gasteiger partial charge is 0.343 e. The second-order valence-corrected chi connectivity index (χ2v) is 5.35. The zero-order valence-corrected chi connectivity index (χ0v) is 9.93. The molecule has 17 heavy (non-hydrogen) atoms. The Bertz CT molecular complexity index is 422. The molecule has 2 amide bonds. The van der Waals surface area contributed by atoms with E-state index in [1.807, 2.05) is 4.90 Å². The minimum absolute atomic E-state index is 0.0929. The van der Waals surface area contributed by atoms with Gasteiger partial charge >= 0.3 is 0 Å². The van der Waals surface area contributed by atoms with Gasteiger partial charge in [-0.1, -0.05) is 5.92 Å². The molecule has 1 aliphatic carbocycles. The number of amides is 2. The molecule has 1 saturated carbocycles. The molecule has 3 rings (SSSR count). The fourth-order valence-electron chi connectivity index (χ4n) is 3.10. The topological polar surface area (TPSA) is 40.6 Å². The van der Waals surface area contributed by atoms with Crippen LogP contribution in [0.4, 0.5) is 0 Å². The molecule has 3 fully saturated rings. The van der Waals surface area contributed by atoms with E-state index in [2.05, 4.69) is 5.92 Å². The fourth-order valence-corrected chi connectivity index (χ4v) is 3.10. The fraction of sp³-hybridized carbons (Fsp3) is 0.692. The summed E-state index contributed by atoms with van der Waals surface area (Å²) in [5.74, 6) is 2.92. The van der Waals surface area contributed by atoms with Crippen LogP contribution < -0.4 is 0 Å². The quantitative estimate of drug-likeness (QED) is 0.601. The molecular weight excluding hydrogens is 216 g/mol. The number of likely N-dealkylation sites (N-methyl/N-ethyl adjacent to an activating group) is 1. The molecule has 0 spiro atoms. The van der Waals surface area contributed by atoms with Crippen molar-refractivity contribution in [2.45, 2.75) is 31.3 Å². The molecule has 3 aliphatic rings. The Morgan fingerprint density at radius 3 is 2.76 bits per heavy atom. The molecule has 0 unspecified atom stereocenters. The Kier molecular flexibility index (Phi) is 2.19. The van der Waals surface area contributed by atoms with Crippen molar-refractivity contribution in [3.05, 3.63) is 0 Å². The summed E-state index contributed by atoms with van der Waals surface area (Å²) in [6.45, 7) is 0.631. The third-order valence-electron chi connectivity index (χ3n) is 4.13. The van der Waals surface area contributed by atoms with E-state index in [4.69, 9.17) is 6.42 Å². The number of terminal acetylenes is 1. The van der Waals surface area contributed by atoms with E-state index >= 15 is 0 Å². The maximum absolute atomic E-state index is 12.2. The Morgan fingerprint density at radius 2 is 2.18 bits per heavy atom. The molecule has 0 aromatic heterocycles. The number of carbonyl (C=O) groups excluding carboxylic acids is 2. The van der Waals surface area contributed by atoms with Crippen LogP contribution in [0.5, 0.6) is 0 Å². The van der Waals surface area contributed by atoms with Gasteiger partial charge in [-0.15, -0.1) is 6.42 Å². The molecule has 0 aromatic rings. The van der Waals surface area contributed by atoms with Crippen LogP contribution in [0.2, 0.25) is 0 Å². The average molecular weight is 232 g/mol. The number of hydrogen-bond donors (Lipinski definition) is 0. The molecule has 3 atom stereocenters. The first-order chi connectivity index (χ1) is 8.13. The maximum atomic E-state index is 12.2. The van der Waals surface area contributed by atoms with Gasteiger partial charge in [-0.25, -0.2) is 0 Å². The summed E-state index contributed by atoms with van der Waals surface area (Å²) in [7, 11) is 1.79. The Hall–Kier alpha value is -1.50. The van der Waals surface area contributed by atoms with Crippen molar-refractivity contribution in [1.82, 2.24) is 9.80 Å². The third kappa shape index (κ3) is 1.45. The van der Waals surface area contributed by atoms with Gasteiger partial charge in [0.05, 0.1) is 12.0 Å². The van der Waals surface area contributed by atoms with Gasteiger partial charge in [-0.2, -0.15) is 0 Å². The van der Waals surface area contributed by atoms with E-state index in [1.165, 1.54) is 0 Å². The van der Waals surface area contributed by atoms with E-state index < -0.39 is 0 Å². The van der Waals surface area contributed by atoms with Crippen LogP contribution >= 0.6 is 0 Å². The minimum atomic E-state index is -0.314. The number of likely N-dealkylation sites (tertiary alicyclic amines) is 2. The number of rotatable bonds is 1. The van der Waals surface area contributed by atoms with Crippen LogP contribution in [-0.4, -0.2) is 47.3 Å². The van der Waals surface area contributed by atoms with Crippen molar-refractivity contribution in [2.75, 3.05) is 13.6 Å². The number of nitrogens with zero attached hydrogens (tertiary/aromatic N) is 2. The number of piperidine rings is 1. The minimum Gasteiger partial charge on any atom is -0.343 e. The van der Waals surface area contributed by atoms with E-state index in [-0.39, 0.29) is 35.7 Å². The summed E-state index contributed by atoms with van der Waals surface area (Å²) in [5.41, 5.74) is 0. The molecule has 4 nitrogen and oxygen atoms in total. The van der Waals surface area contributed by atoms with Crippen molar-refractivity contribution in [1.29, 1.82) is 0 Å². The highest BCUT2D eigenvalue weighted by atomic mass is 16.2. The number of fused-ring (bicyclic) bond motifs is 2. The van der Waals surface area contributed by atoms with Crippen LogP contribution in [0.3, 0.4) is 0 Å². The summed E-state index contributed by atoms with van der Waals surface area (Å²) in [6, 6.07) is -0.178. The zero-order chi connectivity index (χ0) is 12.2. The SMILES string of the molecule is C#C[C@H]1[C@H]2C[C@H](CN(C)C2=O)N1C(=O)C1CC1. The monoisotopic (exact) mass is 232 g/mol. The van der Waals surface area contributed by atoms with Crippen molar-refractivity contribution >= 4 is 11.8 Å². The molecule has 2 aliphatic heterocycles. The lowest BCUT2D eigenvalue weighted by Gasteiger charge is -2.30. The van der Waals surface area contributed by atoms with Crippen LogP contribution in [0.1, 0.15) is 19.3 Å². The second kappa shape index (κ2) is 3.49. The first-order valence-electron chi connectivity index (χ1n) is 6.16. The van der Waals surface area contributed by atoms with Gasteiger partial charge in [0.1, 0.15) is 6.04 Å². The zero-order valence-electron chi connectivity index (χ0n) is 9.93. The Morgan fingerprint density at radius 1 is 1.47 bits per heavy atom. The number of carbonyl (C=O) groups is 2. The first-order valence-corrected chi connectivity index (χ1v) is 6.16. The van der Waals surface area contributed by atoms with Crippen LogP contribution in [0.15, 0.2) is 0 Å². The summed E-state index contributed by atoms with van der Waals surface area (Å²) in [5, 5.41) is 0. The molecule has 2 saturated heterocycles. The summed E-state index contributed by atoms with van der Waals surface area (Å²) in [4.78, 5) is 27.8. The molecule has 0 N–H and O–H groups in total. The lowest BCUT2D eigenvalue weighted by molar-refractivity contribution is -0.136. The van der Waals surface area contributed by atoms with E-state index in [1.54, 1.807) is 11.9 Å². The first kappa shape index (κ1) is 10.6. The predicted octanol–water partition coefficient (Wildman–Crippen LogP) is 0.0873. The second-order valence-electron chi connectivity index (χ2n) is 5.35. The molecule has 90 valence electrons. The van der Waals surface area contributed by atoms with Crippen LogP contribution in [-0.2, 0) is 9.59 Å². The lowest BCUT2D eigenvalue weighted by Crippen LogP contribution is -2.45. The molecule has 0 radical (unpaired) electrons. The molecule has 2 heterocycles. The third-order valence-corrected chi connectivity index (χ3v) is 4.13. The summed E-state index contributed by atoms with van der Waals surface area (Å²) < 4.78 is 0. The van der Waals surface area contributed by atoms with Crippen molar-refractivity contribution in [3.63, 3.8) is 0 Å². The van der Waals surface area contributed by atoms with Gasteiger partial charge in [-0.05, 0) is 19.3 Å². The lowest BCUT2D eigenvalue weighted by atomic mass is 9.94. The predicted molar refractivity (Wildman–Crippen MR) is 61.7 cm³/mol. The van der Waals surface area contributed by atoms with Gasteiger partial charge in [0, 0.05) is 19.5 Å². The Balaban J connectivity index is 1.91. The van der Waals surface area contributed by atoms with Gasteiger partial charge in [0.15, 0.2) is 0 Å². The van der Waals surface area contributed by atoms with Crippen molar-refractivity contribution in [2.24, 2.45) is 11.8 Å². The van der Waals surface area contributed by atoms with Crippen molar-refractivity contribution < 1.29 is 9.59 Å². The number of hydrogen-bond acceptors (Lipinski definition) is 2. The highest BCUT2D eigenvalue weighted by molar-refractivity contribution is 5.87. The van der Waals surface area contributed by atoms with Crippen molar-refractivity contribution in [3.8, 4) is 12.3 Å². The van der Waals surface area contributed by atoms with Gasteiger partial charge in [-0.3, -0.25) is 9.59 Å². The van der Waals surface area contributed by atoms with Gasteiger partial charge < -0.3 is 9.80 Å². The smallest absolute Gasteiger partial charge is 0.228 e. The van der Waals surface area contributed by atoms with Crippen LogP contribution in [0, 0.1) is 24.2 Å². The molecule has 4 heteroatoms. The highest BCUT2D eigenvalue weighted by Gasteiger charge is 2.52. The van der Waals surface area contributed by atoms with E-state index in [0.717, 1.165) is 19.3 Å². The normalized spacial score (nSPS) is 36.0. The highest BCUT2D eigenvalue weighted by Crippen LogP contribution is 2.40. The molecule has 0 aromatic carbocycles. The Labute approximate surface area is 101 Å². The summed E-state index contributed by atoms with van der Waals surface area (Å²) in [6.07, 6.45) is 8.24. The van der Waals surface area contributed by atoms with Gasteiger partial charge in [0.2, 0.25) is 11.8 Å². The van der Waals surface area contributed by atoms with Crippen LogP contribution in [0.25, 0.3) is 0 Å². The average Bonchev–Trinajstić information content (AvgIpc) is 3.09. The maximum Gasteiger partial charge on any atom is 0.228 e.